The first-order valence-electron chi connectivity index (χ1n) is 15.1. The minimum atomic E-state index is -0.423. The zero-order valence-electron chi connectivity index (χ0n) is 25.3. The van der Waals surface area contributed by atoms with Gasteiger partial charge in [0.15, 0.2) is 11.4 Å². The maximum absolute atomic E-state index is 13.6. The summed E-state index contributed by atoms with van der Waals surface area (Å²) in [6.07, 6.45) is 3.45. The number of benzene rings is 1. The second-order valence-electron chi connectivity index (χ2n) is 11.9. The van der Waals surface area contributed by atoms with Crippen LogP contribution >= 0.6 is 0 Å². The van der Waals surface area contributed by atoms with Gasteiger partial charge in [-0.05, 0) is 62.2 Å². The van der Waals surface area contributed by atoms with Crippen LogP contribution in [0.15, 0.2) is 48.7 Å². The number of halogens is 1. The van der Waals surface area contributed by atoms with Crippen molar-refractivity contribution in [3.05, 3.63) is 65.7 Å². The molecule has 0 unspecified atom stereocenters. The maximum Gasteiger partial charge on any atom is 0.306 e. The number of hydrogen-bond donors (Lipinski definition) is 1. The van der Waals surface area contributed by atoms with Crippen LogP contribution in [0, 0.1) is 22.6 Å². The summed E-state index contributed by atoms with van der Waals surface area (Å²) >= 11 is 0. The van der Waals surface area contributed by atoms with Gasteiger partial charge >= 0.3 is 5.97 Å². The van der Waals surface area contributed by atoms with Crippen molar-refractivity contribution >= 4 is 17.6 Å². The molecule has 11 nitrogen and oxygen atoms in total. The highest BCUT2D eigenvalue weighted by molar-refractivity contribution is 5.96. The van der Waals surface area contributed by atoms with Crippen LogP contribution in [0.4, 0.5) is 10.1 Å². The number of esters is 1. The van der Waals surface area contributed by atoms with Crippen molar-refractivity contribution in [3.63, 3.8) is 0 Å². The number of carbonyl (C=O) groups excluding carboxylic acids is 2. The lowest BCUT2D eigenvalue weighted by Crippen LogP contribution is -2.65. The molecule has 234 valence electrons. The predicted octanol–water partition coefficient (Wildman–Crippen LogP) is 3.58. The molecule has 2 saturated heterocycles. The molecule has 0 bridgehead atoms. The zero-order chi connectivity index (χ0) is 31.6. The summed E-state index contributed by atoms with van der Waals surface area (Å²) in [6.45, 7) is 5.65. The summed E-state index contributed by atoms with van der Waals surface area (Å²) in [7, 11) is 1.37. The van der Waals surface area contributed by atoms with E-state index in [1.165, 1.54) is 19.2 Å². The molecule has 1 saturated carbocycles. The molecule has 2 aromatic heterocycles. The summed E-state index contributed by atoms with van der Waals surface area (Å²) in [6, 6.07) is 13.5. The van der Waals surface area contributed by atoms with Crippen molar-refractivity contribution in [1.82, 2.24) is 20.2 Å². The number of hydrogen-bond acceptors (Lipinski definition) is 10. The van der Waals surface area contributed by atoms with Gasteiger partial charge < -0.3 is 24.4 Å². The predicted molar refractivity (Wildman–Crippen MR) is 162 cm³/mol. The third-order valence-electron chi connectivity index (χ3n) is 8.64. The molecule has 1 aromatic carbocycles. The summed E-state index contributed by atoms with van der Waals surface area (Å²) in [5.74, 6) is -0.185. The second-order valence-corrected chi connectivity index (χ2v) is 11.9. The summed E-state index contributed by atoms with van der Waals surface area (Å²) < 4.78 is 30.4. The van der Waals surface area contributed by atoms with Crippen LogP contribution in [0.25, 0.3) is 11.3 Å². The maximum atomic E-state index is 13.6. The molecular weight excluding hydrogens is 579 g/mol. The normalized spacial score (nSPS) is 17.4. The number of ether oxygens (including phenoxy) is 3. The fourth-order valence-corrected chi connectivity index (χ4v) is 6.38. The van der Waals surface area contributed by atoms with E-state index in [1.54, 1.807) is 30.5 Å². The smallest absolute Gasteiger partial charge is 0.306 e. The average Bonchev–Trinajstić information content (AvgIpc) is 2.99. The van der Waals surface area contributed by atoms with Crippen LogP contribution in [0.1, 0.15) is 42.2 Å². The number of nitrogens with zero attached hydrogens (tertiary/aromatic N) is 5. The van der Waals surface area contributed by atoms with E-state index in [9.17, 15) is 19.2 Å². The van der Waals surface area contributed by atoms with Crippen LogP contribution in [0.2, 0.25) is 0 Å². The van der Waals surface area contributed by atoms with Crippen molar-refractivity contribution in [2.75, 3.05) is 51.3 Å². The number of nitriles is 1. The minimum Gasteiger partial charge on any atom is -0.488 e. The Kier molecular flexibility index (Phi) is 8.54. The molecule has 45 heavy (non-hydrogen) atoms. The van der Waals surface area contributed by atoms with Gasteiger partial charge in [0.25, 0.3) is 5.91 Å². The number of likely N-dealkylation sites (tertiary alicyclic amines) is 1. The van der Waals surface area contributed by atoms with Gasteiger partial charge in [-0.3, -0.25) is 14.5 Å². The molecule has 3 fully saturated rings. The number of amides is 1. The Balaban J connectivity index is 1.13. The molecule has 3 aliphatic rings. The molecule has 6 rings (SSSR count). The number of nitrogens with one attached hydrogen (secondary N) is 1. The lowest BCUT2D eigenvalue weighted by Gasteiger charge is -2.59. The number of pyridine rings is 2. The van der Waals surface area contributed by atoms with Gasteiger partial charge in [-0.15, -0.1) is 0 Å². The molecule has 2 aliphatic heterocycles. The second kappa shape index (κ2) is 12.7. The van der Waals surface area contributed by atoms with Crippen molar-refractivity contribution in [1.29, 1.82) is 5.26 Å². The van der Waals surface area contributed by atoms with Gasteiger partial charge in [0, 0.05) is 44.3 Å². The van der Waals surface area contributed by atoms with E-state index in [-0.39, 0.29) is 35.1 Å². The van der Waals surface area contributed by atoms with Crippen molar-refractivity contribution < 1.29 is 28.2 Å². The quantitative estimate of drug-likeness (QED) is 0.320. The third-order valence-corrected chi connectivity index (χ3v) is 8.64. The molecular formula is C33H35FN6O5. The minimum absolute atomic E-state index is 0.0588. The zero-order valence-corrected chi connectivity index (χ0v) is 25.3. The number of aromatic nitrogens is 2. The molecule has 1 amide bonds. The van der Waals surface area contributed by atoms with Crippen molar-refractivity contribution in [2.45, 2.75) is 38.3 Å². The lowest BCUT2D eigenvalue weighted by atomic mass is 9.61. The summed E-state index contributed by atoms with van der Waals surface area (Å²) in [5, 5.41) is 12.5. The molecule has 0 radical (unpaired) electrons. The number of rotatable bonds is 11. The van der Waals surface area contributed by atoms with Crippen LogP contribution < -0.4 is 19.7 Å². The SMILES string of the molecule is CCOc1ncccc1-c1ccc(OC2CC3(C2)CN(c2ccc(F)cc2C#N)C3)c(C(=O)NC2CN(CCC(=O)OC)C2)n1. The molecule has 1 aliphatic carbocycles. The molecule has 1 N–H and O–H groups in total. The lowest BCUT2D eigenvalue weighted by molar-refractivity contribution is -0.141. The Morgan fingerprint density at radius 1 is 1.18 bits per heavy atom. The fourth-order valence-electron chi connectivity index (χ4n) is 6.38. The molecule has 1 spiro atoms. The highest BCUT2D eigenvalue weighted by atomic mass is 19.1. The average molecular weight is 615 g/mol. The highest BCUT2D eigenvalue weighted by Crippen LogP contribution is 2.51. The van der Waals surface area contributed by atoms with Gasteiger partial charge in [-0.2, -0.15) is 5.26 Å². The Labute approximate surface area is 260 Å². The first kappa shape index (κ1) is 30.3. The monoisotopic (exact) mass is 614 g/mol. The summed E-state index contributed by atoms with van der Waals surface area (Å²) in [5.41, 5.74) is 2.54. The van der Waals surface area contributed by atoms with E-state index < -0.39 is 5.82 Å². The van der Waals surface area contributed by atoms with E-state index >= 15 is 0 Å². The van der Waals surface area contributed by atoms with E-state index in [2.05, 4.69) is 26.2 Å². The number of anilines is 1. The molecule has 0 atom stereocenters. The van der Waals surface area contributed by atoms with E-state index in [0.29, 0.717) is 61.1 Å². The van der Waals surface area contributed by atoms with Gasteiger partial charge in [0.2, 0.25) is 5.88 Å². The fraction of sp³-hybridized carbons (Fsp3) is 0.424. The van der Waals surface area contributed by atoms with Gasteiger partial charge in [0.1, 0.15) is 18.0 Å². The number of methoxy groups -OCH3 is 1. The Hall–Kier alpha value is -4.76. The van der Waals surface area contributed by atoms with Crippen molar-refractivity contribution in [3.8, 4) is 29.0 Å². The van der Waals surface area contributed by atoms with Crippen molar-refractivity contribution in [2.24, 2.45) is 5.41 Å². The van der Waals surface area contributed by atoms with Crippen LogP contribution in [-0.2, 0) is 9.53 Å². The van der Waals surface area contributed by atoms with Crippen LogP contribution in [0.5, 0.6) is 11.6 Å². The number of carbonyl (C=O) groups is 2. The largest absolute Gasteiger partial charge is 0.488 e. The highest BCUT2D eigenvalue weighted by Gasteiger charge is 2.54. The molecule has 12 heteroatoms. The van der Waals surface area contributed by atoms with E-state index in [1.807, 2.05) is 13.0 Å². The van der Waals surface area contributed by atoms with Crippen LogP contribution in [-0.4, -0.2) is 85.3 Å². The van der Waals surface area contributed by atoms with Gasteiger partial charge in [0.05, 0.1) is 48.7 Å². The van der Waals surface area contributed by atoms with E-state index in [0.717, 1.165) is 31.6 Å². The van der Waals surface area contributed by atoms with E-state index in [4.69, 9.17) is 19.2 Å². The van der Waals surface area contributed by atoms with Crippen LogP contribution in [0.3, 0.4) is 0 Å². The van der Waals surface area contributed by atoms with Gasteiger partial charge in [-0.25, -0.2) is 14.4 Å². The Bertz CT molecular complexity index is 1620. The Morgan fingerprint density at radius 2 is 1.98 bits per heavy atom. The molecule has 4 heterocycles. The Morgan fingerprint density at radius 3 is 2.71 bits per heavy atom. The van der Waals surface area contributed by atoms with Gasteiger partial charge in [-0.1, -0.05) is 0 Å². The first-order chi connectivity index (χ1) is 21.8. The first-order valence-corrected chi connectivity index (χ1v) is 15.1. The standard InChI is InChI=1S/C33H35FN6O5/c1-3-44-32-25(5-4-11-36-32)26-7-9-28(30(38-26)31(42)37-23-17-39(18-23)12-10-29(41)43-2)45-24-14-33(15-24)19-40(20-33)27-8-6-22(34)13-21(27)16-35/h4-9,11,13,23-24H,3,10,12,14-15,17-20H2,1-2H3,(H,37,42). The molecule has 3 aromatic rings. The topological polar surface area (TPSA) is 130 Å². The summed E-state index contributed by atoms with van der Waals surface area (Å²) in [4.78, 5) is 38.3. The third kappa shape index (κ3) is 6.40.